The first kappa shape index (κ1) is 18.7. The Balaban J connectivity index is 1.82. The Hall–Kier alpha value is -2.12. The molecule has 0 bridgehead atoms. The van der Waals surface area contributed by atoms with E-state index >= 15 is 0 Å². The molecular weight excluding hydrogens is 350 g/mol. The van der Waals surface area contributed by atoms with Crippen molar-refractivity contribution >= 4 is 17.2 Å². The lowest BCUT2D eigenvalue weighted by atomic mass is 10.2. The van der Waals surface area contributed by atoms with Gasteiger partial charge in [-0.05, 0) is 31.7 Å². The standard InChI is InChI=1S/C19H25N3O3S/c1-5-21-8-10-22(11-9-21)19(23)17-13(2)20-18(26-17)14-6-7-15(24-3)16(12-14)25-4/h6-7,12H,5,8-11H2,1-4H3. The van der Waals surface area contributed by atoms with Gasteiger partial charge in [-0.1, -0.05) is 6.92 Å². The van der Waals surface area contributed by atoms with Crippen molar-refractivity contribution in [2.75, 3.05) is 46.9 Å². The number of rotatable bonds is 5. The summed E-state index contributed by atoms with van der Waals surface area (Å²) < 4.78 is 10.7. The molecule has 0 saturated carbocycles. The highest BCUT2D eigenvalue weighted by Gasteiger charge is 2.25. The lowest BCUT2D eigenvalue weighted by Gasteiger charge is -2.33. The van der Waals surface area contributed by atoms with Crippen LogP contribution in [0.1, 0.15) is 22.3 Å². The molecule has 0 aliphatic carbocycles. The molecule has 0 spiro atoms. The van der Waals surface area contributed by atoms with Crippen LogP contribution in [-0.2, 0) is 0 Å². The maximum absolute atomic E-state index is 12.9. The lowest BCUT2D eigenvalue weighted by molar-refractivity contribution is 0.0647. The molecule has 2 heterocycles. The first-order valence-corrected chi connectivity index (χ1v) is 9.60. The minimum absolute atomic E-state index is 0.0856. The van der Waals surface area contributed by atoms with Crippen LogP contribution in [0.2, 0.25) is 0 Å². The molecule has 140 valence electrons. The smallest absolute Gasteiger partial charge is 0.265 e. The van der Waals surface area contributed by atoms with Crippen LogP contribution in [-0.4, -0.2) is 67.6 Å². The fraction of sp³-hybridized carbons (Fsp3) is 0.474. The Kier molecular flexibility index (Phi) is 5.78. The molecule has 3 rings (SSSR count). The van der Waals surface area contributed by atoms with Crippen molar-refractivity contribution in [3.05, 3.63) is 28.8 Å². The van der Waals surface area contributed by atoms with Gasteiger partial charge in [0.1, 0.15) is 9.88 Å². The fourth-order valence-electron chi connectivity index (χ4n) is 3.10. The van der Waals surface area contributed by atoms with Gasteiger partial charge in [-0.25, -0.2) is 4.98 Å². The summed E-state index contributed by atoms with van der Waals surface area (Å²) in [6.45, 7) is 8.50. The van der Waals surface area contributed by atoms with Gasteiger partial charge in [-0.2, -0.15) is 0 Å². The normalized spacial score (nSPS) is 15.2. The summed E-state index contributed by atoms with van der Waals surface area (Å²) in [5.41, 5.74) is 1.70. The zero-order chi connectivity index (χ0) is 18.7. The first-order valence-electron chi connectivity index (χ1n) is 8.78. The molecule has 1 fully saturated rings. The summed E-state index contributed by atoms with van der Waals surface area (Å²) in [4.78, 5) is 22.6. The van der Waals surface area contributed by atoms with Crippen LogP contribution in [0.25, 0.3) is 10.6 Å². The van der Waals surface area contributed by atoms with Gasteiger partial charge in [0.25, 0.3) is 5.91 Å². The highest BCUT2D eigenvalue weighted by Crippen LogP contribution is 2.35. The summed E-state index contributed by atoms with van der Waals surface area (Å²) in [6.07, 6.45) is 0. The molecule has 1 aliphatic rings. The van der Waals surface area contributed by atoms with E-state index in [0.717, 1.165) is 53.9 Å². The van der Waals surface area contributed by atoms with Gasteiger partial charge in [-0.3, -0.25) is 4.79 Å². The number of nitrogens with zero attached hydrogens (tertiary/aromatic N) is 3. The number of ether oxygens (including phenoxy) is 2. The molecule has 1 saturated heterocycles. The molecule has 0 unspecified atom stereocenters. The lowest BCUT2D eigenvalue weighted by Crippen LogP contribution is -2.48. The van der Waals surface area contributed by atoms with Crippen LogP contribution in [0.3, 0.4) is 0 Å². The van der Waals surface area contributed by atoms with E-state index in [-0.39, 0.29) is 5.91 Å². The predicted octanol–water partition coefficient (Wildman–Crippen LogP) is 2.91. The minimum Gasteiger partial charge on any atom is -0.493 e. The zero-order valence-corrected chi connectivity index (χ0v) is 16.6. The Labute approximate surface area is 158 Å². The highest BCUT2D eigenvalue weighted by molar-refractivity contribution is 7.17. The van der Waals surface area contributed by atoms with E-state index in [4.69, 9.17) is 9.47 Å². The van der Waals surface area contributed by atoms with Crippen LogP contribution in [0.15, 0.2) is 18.2 Å². The maximum atomic E-state index is 12.9. The number of carbonyl (C=O) groups excluding carboxylic acids is 1. The summed E-state index contributed by atoms with van der Waals surface area (Å²) >= 11 is 1.44. The summed E-state index contributed by atoms with van der Waals surface area (Å²) in [5, 5.41) is 0.819. The quantitative estimate of drug-likeness (QED) is 0.804. The van der Waals surface area contributed by atoms with Crippen LogP contribution in [0.4, 0.5) is 0 Å². The second kappa shape index (κ2) is 8.05. The second-order valence-electron chi connectivity index (χ2n) is 6.23. The number of amides is 1. The largest absolute Gasteiger partial charge is 0.493 e. The number of carbonyl (C=O) groups is 1. The molecule has 0 radical (unpaired) electrons. The molecule has 1 aliphatic heterocycles. The third-order valence-electron chi connectivity index (χ3n) is 4.73. The number of piperazine rings is 1. The third-order valence-corrected chi connectivity index (χ3v) is 5.92. The van der Waals surface area contributed by atoms with Crippen molar-refractivity contribution in [3.63, 3.8) is 0 Å². The molecule has 2 aromatic rings. The number of benzene rings is 1. The topological polar surface area (TPSA) is 54.9 Å². The van der Waals surface area contributed by atoms with Crippen molar-refractivity contribution in [1.29, 1.82) is 0 Å². The molecule has 1 aromatic heterocycles. The fourth-order valence-corrected chi connectivity index (χ4v) is 4.13. The van der Waals surface area contributed by atoms with Crippen LogP contribution >= 0.6 is 11.3 Å². The number of aryl methyl sites for hydroxylation is 1. The van der Waals surface area contributed by atoms with Crippen LogP contribution < -0.4 is 9.47 Å². The Morgan fingerprint density at radius 3 is 2.46 bits per heavy atom. The van der Waals surface area contributed by atoms with E-state index in [9.17, 15) is 4.79 Å². The average molecular weight is 375 g/mol. The van der Waals surface area contributed by atoms with Gasteiger partial charge in [0.05, 0.1) is 19.9 Å². The molecular formula is C19H25N3O3S. The molecule has 6 nitrogen and oxygen atoms in total. The summed E-state index contributed by atoms with van der Waals surface area (Å²) in [5.74, 6) is 1.42. The van der Waals surface area contributed by atoms with Crippen molar-refractivity contribution in [1.82, 2.24) is 14.8 Å². The van der Waals surface area contributed by atoms with Crippen LogP contribution in [0, 0.1) is 6.92 Å². The Bertz CT molecular complexity index is 782. The minimum atomic E-state index is 0.0856. The van der Waals surface area contributed by atoms with Crippen molar-refractivity contribution in [3.8, 4) is 22.1 Å². The van der Waals surface area contributed by atoms with Gasteiger partial charge >= 0.3 is 0 Å². The first-order chi connectivity index (χ1) is 12.6. The van der Waals surface area contributed by atoms with Crippen molar-refractivity contribution < 1.29 is 14.3 Å². The third kappa shape index (κ3) is 3.68. The van der Waals surface area contributed by atoms with E-state index in [1.807, 2.05) is 30.0 Å². The predicted molar refractivity (Wildman–Crippen MR) is 103 cm³/mol. The van der Waals surface area contributed by atoms with Gasteiger partial charge in [0, 0.05) is 31.7 Å². The van der Waals surface area contributed by atoms with E-state index in [0.29, 0.717) is 11.5 Å². The van der Waals surface area contributed by atoms with Gasteiger partial charge < -0.3 is 19.3 Å². The number of likely N-dealkylation sites (N-methyl/N-ethyl adjacent to an activating group) is 1. The van der Waals surface area contributed by atoms with Crippen molar-refractivity contribution in [2.45, 2.75) is 13.8 Å². The van der Waals surface area contributed by atoms with Gasteiger partial charge in [-0.15, -0.1) is 11.3 Å². The van der Waals surface area contributed by atoms with E-state index in [2.05, 4.69) is 16.8 Å². The number of thiazole rings is 1. The molecule has 26 heavy (non-hydrogen) atoms. The van der Waals surface area contributed by atoms with Gasteiger partial charge in [0.15, 0.2) is 11.5 Å². The zero-order valence-electron chi connectivity index (χ0n) is 15.7. The molecule has 1 aromatic carbocycles. The van der Waals surface area contributed by atoms with E-state index < -0.39 is 0 Å². The Morgan fingerprint density at radius 2 is 1.85 bits per heavy atom. The summed E-state index contributed by atoms with van der Waals surface area (Å²) in [7, 11) is 3.22. The van der Waals surface area contributed by atoms with Crippen LogP contribution in [0.5, 0.6) is 11.5 Å². The van der Waals surface area contributed by atoms with Crippen molar-refractivity contribution in [2.24, 2.45) is 0 Å². The van der Waals surface area contributed by atoms with E-state index in [1.165, 1.54) is 11.3 Å². The number of aromatic nitrogens is 1. The second-order valence-corrected chi connectivity index (χ2v) is 7.23. The number of methoxy groups -OCH3 is 2. The molecule has 0 atom stereocenters. The molecule has 1 amide bonds. The number of hydrogen-bond acceptors (Lipinski definition) is 6. The maximum Gasteiger partial charge on any atom is 0.265 e. The summed E-state index contributed by atoms with van der Waals surface area (Å²) in [6, 6.07) is 5.69. The Morgan fingerprint density at radius 1 is 1.15 bits per heavy atom. The monoisotopic (exact) mass is 375 g/mol. The molecule has 7 heteroatoms. The number of hydrogen-bond donors (Lipinski definition) is 0. The average Bonchev–Trinajstić information content (AvgIpc) is 3.08. The van der Waals surface area contributed by atoms with Gasteiger partial charge in [0.2, 0.25) is 0 Å². The molecule has 0 N–H and O–H groups in total. The SMILES string of the molecule is CCN1CCN(C(=O)c2sc(-c3ccc(OC)c(OC)c3)nc2C)CC1. The van der Waals surface area contributed by atoms with E-state index in [1.54, 1.807) is 14.2 Å². The highest BCUT2D eigenvalue weighted by atomic mass is 32.1.